The first-order valence-electron chi connectivity index (χ1n) is 9.51. The molecule has 0 atom stereocenters. The van der Waals surface area contributed by atoms with Gasteiger partial charge in [0.25, 0.3) is 0 Å². The van der Waals surface area contributed by atoms with Crippen LogP contribution in [0.2, 0.25) is 0 Å². The molecule has 7 heteroatoms. The van der Waals surface area contributed by atoms with E-state index < -0.39 is 0 Å². The quantitative estimate of drug-likeness (QED) is 0.446. The Bertz CT molecular complexity index is 1350. The molecule has 0 aliphatic heterocycles. The topological polar surface area (TPSA) is 99.1 Å². The van der Waals surface area contributed by atoms with Crippen molar-refractivity contribution in [3.63, 3.8) is 0 Å². The normalized spacial score (nSPS) is 11.1. The van der Waals surface area contributed by atoms with Crippen molar-refractivity contribution in [1.82, 2.24) is 15.0 Å². The third-order valence-corrected chi connectivity index (χ3v) is 4.87. The molecule has 3 aromatic heterocycles. The maximum Gasteiger partial charge on any atom is 0.229 e. The van der Waals surface area contributed by atoms with Crippen molar-refractivity contribution in [2.45, 2.75) is 6.61 Å². The molecule has 0 bridgehead atoms. The highest BCUT2D eigenvalue weighted by molar-refractivity contribution is 6.01. The van der Waals surface area contributed by atoms with Crippen LogP contribution < -0.4 is 15.8 Å². The summed E-state index contributed by atoms with van der Waals surface area (Å²) in [5.41, 5.74) is 9.16. The number of nitrogens with zero attached hydrogens (tertiary/aromatic N) is 3. The minimum Gasteiger partial charge on any atom is -0.489 e. The molecular formula is C23H19N5O2. The van der Waals surface area contributed by atoms with Crippen LogP contribution in [0.3, 0.4) is 0 Å². The van der Waals surface area contributed by atoms with Gasteiger partial charge in [-0.15, -0.1) is 0 Å². The fourth-order valence-corrected chi connectivity index (χ4v) is 3.37. The van der Waals surface area contributed by atoms with Gasteiger partial charge in [0.15, 0.2) is 5.58 Å². The van der Waals surface area contributed by atoms with E-state index >= 15 is 0 Å². The summed E-state index contributed by atoms with van der Waals surface area (Å²) in [7, 11) is 1.81. The summed E-state index contributed by atoms with van der Waals surface area (Å²) in [5.74, 6) is 2.34. The Hall–Kier alpha value is -4.13. The van der Waals surface area contributed by atoms with Gasteiger partial charge < -0.3 is 20.2 Å². The molecule has 3 heterocycles. The van der Waals surface area contributed by atoms with Gasteiger partial charge >= 0.3 is 0 Å². The van der Waals surface area contributed by atoms with E-state index in [4.69, 9.17) is 14.9 Å². The lowest BCUT2D eigenvalue weighted by molar-refractivity contribution is 0.306. The first-order valence-corrected chi connectivity index (χ1v) is 9.51. The average molecular weight is 397 g/mol. The van der Waals surface area contributed by atoms with E-state index in [1.165, 1.54) is 0 Å². The Morgan fingerprint density at radius 2 is 1.87 bits per heavy atom. The van der Waals surface area contributed by atoms with E-state index in [0.717, 1.165) is 27.6 Å². The zero-order chi connectivity index (χ0) is 20.5. The van der Waals surface area contributed by atoms with Crippen LogP contribution >= 0.6 is 0 Å². The van der Waals surface area contributed by atoms with E-state index in [-0.39, 0.29) is 0 Å². The fourth-order valence-electron chi connectivity index (χ4n) is 3.37. The fraction of sp³-hybridized carbons (Fsp3) is 0.0870. The van der Waals surface area contributed by atoms with Gasteiger partial charge in [-0.1, -0.05) is 30.3 Å². The van der Waals surface area contributed by atoms with Crippen molar-refractivity contribution in [2.75, 3.05) is 18.1 Å². The highest BCUT2D eigenvalue weighted by Gasteiger charge is 2.15. The molecule has 0 fully saturated rings. The summed E-state index contributed by atoms with van der Waals surface area (Å²) < 4.78 is 11.9. The summed E-state index contributed by atoms with van der Waals surface area (Å²) in [5, 5.41) is 4.79. The van der Waals surface area contributed by atoms with Crippen LogP contribution in [0.15, 0.2) is 71.4 Å². The molecule has 2 aromatic carbocycles. The Morgan fingerprint density at radius 3 is 2.70 bits per heavy atom. The molecule has 0 spiro atoms. The summed E-state index contributed by atoms with van der Waals surface area (Å²) in [6, 6.07) is 17.4. The number of nitrogens with two attached hydrogens (primary N) is 1. The smallest absolute Gasteiger partial charge is 0.229 e. The zero-order valence-corrected chi connectivity index (χ0v) is 16.3. The van der Waals surface area contributed by atoms with Crippen LogP contribution in [0, 0.1) is 0 Å². The number of hydrogen-bond donors (Lipinski definition) is 2. The number of fused-ring (bicyclic) bond motifs is 2. The molecular weight excluding hydrogens is 378 g/mol. The molecule has 148 valence electrons. The van der Waals surface area contributed by atoms with Gasteiger partial charge in [-0.2, -0.15) is 0 Å². The second kappa shape index (κ2) is 7.36. The molecule has 30 heavy (non-hydrogen) atoms. The molecule has 5 aromatic rings. The van der Waals surface area contributed by atoms with Crippen LogP contribution in [0.4, 0.5) is 11.6 Å². The lowest BCUT2D eigenvalue weighted by Gasteiger charge is -2.08. The molecule has 0 saturated carbocycles. The van der Waals surface area contributed by atoms with Crippen molar-refractivity contribution < 1.29 is 9.15 Å². The van der Waals surface area contributed by atoms with E-state index in [1.807, 2.05) is 55.6 Å². The third-order valence-electron chi connectivity index (χ3n) is 4.87. The molecule has 0 unspecified atom stereocenters. The Balaban J connectivity index is 1.52. The predicted octanol–water partition coefficient (Wildman–Crippen LogP) is 4.64. The SMILES string of the molecule is CNc1ncc(-c2nc3cc(OCc4ccccc4)ccc3o2)c2cc(N)ncc12. The van der Waals surface area contributed by atoms with Gasteiger partial charge in [0, 0.05) is 36.3 Å². The largest absolute Gasteiger partial charge is 0.489 e. The first-order chi connectivity index (χ1) is 14.7. The maximum atomic E-state index is 6.01. The van der Waals surface area contributed by atoms with Crippen molar-refractivity contribution >= 4 is 33.5 Å². The van der Waals surface area contributed by atoms with E-state index in [1.54, 1.807) is 18.5 Å². The molecule has 0 saturated heterocycles. The van der Waals surface area contributed by atoms with Crippen LogP contribution in [0.1, 0.15) is 5.56 Å². The number of nitrogens with one attached hydrogen (secondary N) is 1. The Morgan fingerprint density at radius 1 is 1.00 bits per heavy atom. The number of oxazole rings is 1. The van der Waals surface area contributed by atoms with Gasteiger partial charge in [-0.25, -0.2) is 15.0 Å². The third kappa shape index (κ3) is 3.26. The number of ether oxygens (including phenoxy) is 1. The summed E-state index contributed by atoms with van der Waals surface area (Å²) in [6.45, 7) is 0.489. The maximum absolute atomic E-state index is 6.01. The van der Waals surface area contributed by atoms with E-state index in [0.29, 0.717) is 35.2 Å². The predicted molar refractivity (Wildman–Crippen MR) is 117 cm³/mol. The molecule has 7 nitrogen and oxygen atoms in total. The summed E-state index contributed by atoms with van der Waals surface area (Å²) in [6.07, 6.45) is 3.43. The van der Waals surface area contributed by atoms with Gasteiger partial charge in [0.1, 0.15) is 29.5 Å². The van der Waals surface area contributed by atoms with Crippen LogP contribution in [0.5, 0.6) is 5.75 Å². The van der Waals surface area contributed by atoms with Crippen LogP contribution in [0.25, 0.3) is 33.3 Å². The molecule has 0 aliphatic carbocycles. The zero-order valence-electron chi connectivity index (χ0n) is 16.3. The minimum absolute atomic E-state index is 0.421. The summed E-state index contributed by atoms with van der Waals surface area (Å²) in [4.78, 5) is 13.3. The van der Waals surface area contributed by atoms with Crippen LogP contribution in [-0.4, -0.2) is 22.0 Å². The van der Waals surface area contributed by atoms with Gasteiger partial charge in [-0.3, -0.25) is 0 Å². The van der Waals surface area contributed by atoms with Crippen molar-refractivity contribution in [3.8, 4) is 17.2 Å². The second-order valence-corrected chi connectivity index (χ2v) is 6.85. The van der Waals surface area contributed by atoms with Crippen molar-refractivity contribution in [3.05, 3.63) is 72.6 Å². The van der Waals surface area contributed by atoms with E-state index in [2.05, 4.69) is 20.3 Å². The Labute approximate surface area is 172 Å². The number of hydrogen-bond acceptors (Lipinski definition) is 7. The van der Waals surface area contributed by atoms with Gasteiger partial charge in [-0.05, 0) is 23.8 Å². The van der Waals surface area contributed by atoms with Crippen LogP contribution in [-0.2, 0) is 6.61 Å². The lowest BCUT2D eigenvalue weighted by atomic mass is 10.1. The molecule has 3 N–H and O–H groups in total. The van der Waals surface area contributed by atoms with Gasteiger partial charge in [0.05, 0.1) is 5.56 Å². The number of anilines is 2. The van der Waals surface area contributed by atoms with Crippen molar-refractivity contribution in [2.24, 2.45) is 0 Å². The first kappa shape index (κ1) is 17.9. The number of benzene rings is 2. The number of aromatic nitrogens is 3. The Kier molecular flexibility index (Phi) is 4.40. The molecule has 0 amide bonds. The standard InChI is InChI=1S/C23H19N5O2/c1-25-22-17-11-26-21(24)10-16(17)18(12-27-22)23-28-19-9-15(7-8-20(19)30-23)29-13-14-5-3-2-4-6-14/h2-12H,13H2,1H3,(H2,24,26)(H,25,27). The summed E-state index contributed by atoms with van der Waals surface area (Å²) >= 11 is 0. The molecule has 0 radical (unpaired) electrons. The lowest BCUT2D eigenvalue weighted by Crippen LogP contribution is -1.97. The van der Waals surface area contributed by atoms with Gasteiger partial charge in [0.2, 0.25) is 5.89 Å². The number of pyridine rings is 2. The average Bonchev–Trinajstić information content (AvgIpc) is 3.20. The second-order valence-electron chi connectivity index (χ2n) is 6.85. The molecule has 5 rings (SSSR count). The van der Waals surface area contributed by atoms with E-state index in [9.17, 15) is 0 Å². The monoisotopic (exact) mass is 397 g/mol. The minimum atomic E-state index is 0.421. The molecule has 0 aliphatic rings. The number of nitrogen functional groups attached to an aromatic ring is 1. The highest BCUT2D eigenvalue weighted by atomic mass is 16.5. The number of rotatable bonds is 5. The highest BCUT2D eigenvalue weighted by Crippen LogP contribution is 2.34. The van der Waals surface area contributed by atoms with Crippen molar-refractivity contribution in [1.29, 1.82) is 0 Å².